The Bertz CT molecular complexity index is 581. The number of aliphatic carboxylic acids is 1. The van der Waals surface area contributed by atoms with Gasteiger partial charge in [0.15, 0.2) is 5.78 Å². The number of ketones is 1. The first-order valence-electron chi connectivity index (χ1n) is 8.81. The predicted molar refractivity (Wildman–Crippen MR) is 92.9 cm³/mol. The number of aliphatic hydroxyl groups is 1. The number of carboxylic acid groups (broad SMARTS) is 1. The maximum atomic E-state index is 11.9. The maximum Gasteiger partial charge on any atom is 1.00 e. The summed E-state index contributed by atoms with van der Waals surface area (Å²) >= 11 is 0. The van der Waals surface area contributed by atoms with E-state index in [0.29, 0.717) is 12.8 Å². The molecule has 8 heteroatoms. The summed E-state index contributed by atoms with van der Waals surface area (Å²) in [6.45, 7) is 1.64. The van der Waals surface area contributed by atoms with E-state index in [0.717, 1.165) is 18.4 Å². The smallest absolute Gasteiger partial charge is 0.542 e. The molecular formula is C19H26NNaO6. The molecule has 0 saturated carbocycles. The molecule has 2 N–H and O–H groups in total. The molecule has 0 bridgehead atoms. The SMILES string of the molecule is CCCCCC(C[C@H](CO)NC(=O)OCc1ccccc1)C(=O)C(=O)[O-].[Na+]. The average molecular weight is 387 g/mol. The third-order valence-corrected chi connectivity index (χ3v) is 4.05. The molecule has 0 aliphatic rings. The number of nitrogens with one attached hydrogen (secondary N) is 1. The monoisotopic (exact) mass is 387 g/mol. The summed E-state index contributed by atoms with van der Waals surface area (Å²) in [5, 5.41) is 22.8. The quantitative estimate of drug-likeness (QED) is 0.248. The number of aliphatic hydroxyl groups excluding tert-OH is 1. The Labute approximate surface area is 181 Å². The third-order valence-electron chi connectivity index (χ3n) is 4.05. The summed E-state index contributed by atoms with van der Waals surface area (Å²) in [4.78, 5) is 34.6. The van der Waals surface area contributed by atoms with Crippen molar-refractivity contribution in [1.29, 1.82) is 0 Å². The van der Waals surface area contributed by atoms with E-state index in [1.807, 2.05) is 25.1 Å². The molecule has 1 amide bonds. The number of ether oxygens (including phenoxy) is 1. The second-order valence-electron chi connectivity index (χ2n) is 6.17. The number of benzene rings is 1. The average Bonchev–Trinajstić information content (AvgIpc) is 2.65. The van der Waals surface area contributed by atoms with Gasteiger partial charge in [-0.25, -0.2) is 4.79 Å². The number of rotatable bonds is 12. The van der Waals surface area contributed by atoms with Crippen molar-refractivity contribution < 1.29 is 58.9 Å². The Balaban J connectivity index is 0.00000676. The van der Waals surface area contributed by atoms with Crippen LogP contribution in [0.25, 0.3) is 0 Å². The normalized spacial score (nSPS) is 12.4. The molecule has 27 heavy (non-hydrogen) atoms. The van der Waals surface area contributed by atoms with E-state index < -0.39 is 36.4 Å². The predicted octanol–water partition coefficient (Wildman–Crippen LogP) is -1.82. The first-order chi connectivity index (χ1) is 12.5. The van der Waals surface area contributed by atoms with Crippen molar-refractivity contribution in [3.8, 4) is 0 Å². The Morgan fingerprint density at radius 3 is 2.41 bits per heavy atom. The summed E-state index contributed by atoms with van der Waals surface area (Å²) in [7, 11) is 0. The van der Waals surface area contributed by atoms with Gasteiger partial charge >= 0.3 is 35.7 Å². The number of amides is 1. The molecule has 7 nitrogen and oxygen atoms in total. The van der Waals surface area contributed by atoms with Gasteiger partial charge in [-0.2, -0.15) is 0 Å². The molecule has 0 heterocycles. The summed E-state index contributed by atoms with van der Waals surface area (Å²) in [5.74, 6) is -3.55. The van der Waals surface area contributed by atoms with Crippen molar-refractivity contribution in [3.05, 3.63) is 35.9 Å². The molecule has 1 rings (SSSR count). The summed E-state index contributed by atoms with van der Waals surface area (Å²) < 4.78 is 5.07. The Morgan fingerprint density at radius 1 is 1.19 bits per heavy atom. The van der Waals surface area contributed by atoms with Crippen LogP contribution >= 0.6 is 0 Å². The minimum atomic E-state index is -1.74. The molecule has 0 saturated heterocycles. The van der Waals surface area contributed by atoms with Crippen LogP contribution in [0.2, 0.25) is 0 Å². The molecule has 1 unspecified atom stereocenters. The molecule has 1 aromatic rings. The Hall–Kier alpha value is -1.41. The number of alkyl carbamates (subject to hydrolysis) is 1. The maximum absolute atomic E-state index is 11.9. The van der Waals surface area contributed by atoms with Crippen LogP contribution < -0.4 is 40.0 Å². The largest absolute Gasteiger partial charge is 1.00 e. The Kier molecular flexibility index (Phi) is 13.9. The first-order valence-corrected chi connectivity index (χ1v) is 8.81. The van der Waals surface area contributed by atoms with Gasteiger partial charge in [0.25, 0.3) is 0 Å². The van der Waals surface area contributed by atoms with Gasteiger partial charge in [-0.05, 0) is 18.4 Å². The molecule has 0 radical (unpaired) electrons. The van der Waals surface area contributed by atoms with Crippen LogP contribution in [0.3, 0.4) is 0 Å². The van der Waals surface area contributed by atoms with E-state index in [1.54, 1.807) is 12.1 Å². The van der Waals surface area contributed by atoms with Crippen molar-refractivity contribution in [2.75, 3.05) is 6.61 Å². The van der Waals surface area contributed by atoms with Gasteiger partial charge in [0, 0.05) is 5.92 Å². The summed E-state index contributed by atoms with van der Waals surface area (Å²) in [6, 6.07) is 8.32. The van der Waals surface area contributed by atoms with Crippen molar-refractivity contribution in [3.63, 3.8) is 0 Å². The van der Waals surface area contributed by atoms with Gasteiger partial charge < -0.3 is 25.1 Å². The van der Waals surface area contributed by atoms with Gasteiger partial charge in [0.1, 0.15) is 12.6 Å². The van der Waals surface area contributed by atoms with Gasteiger partial charge in [0.05, 0.1) is 12.6 Å². The van der Waals surface area contributed by atoms with Gasteiger partial charge in [-0.3, -0.25) is 4.79 Å². The second kappa shape index (κ2) is 14.6. The number of hydrogen-bond acceptors (Lipinski definition) is 6. The fourth-order valence-electron chi connectivity index (χ4n) is 2.62. The summed E-state index contributed by atoms with van der Waals surface area (Å²) in [5.41, 5.74) is 0.813. The van der Waals surface area contributed by atoms with E-state index in [2.05, 4.69) is 5.32 Å². The molecule has 0 aliphatic heterocycles. The van der Waals surface area contributed by atoms with Crippen LogP contribution in [0.4, 0.5) is 4.79 Å². The minimum absolute atomic E-state index is 0. The standard InChI is InChI=1S/C19H27NO6.Na/c1-2-3-5-10-15(17(22)18(23)24)11-16(12-21)20-19(25)26-13-14-8-6-4-7-9-14;/h4,6-9,15-16,21H,2-3,5,10-13H2,1H3,(H,20,25)(H,23,24);/q;+1/p-1/t15?,16-;/m1./s1. The zero-order valence-corrected chi connectivity index (χ0v) is 18.0. The van der Waals surface area contributed by atoms with Crippen LogP contribution in [0.5, 0.6) is 0 Å². The van der Waals surface area contributed by atoms with E-state index >= 15 is 0 Å². The van der Waals surface area contributed by atoms with Crippen LogP contribution in [0.1, 0.15) is 44.6 Å². The van der Waals surface area contributed by atoms with Gasteiger partial charge in [0.2, 0.25) is 0 Å². The number of carbonyl (C=O) groups is 3. The Morgan fingerprint density at radius 2 is 1.85 bits per heavy atom. The van der Waals surface area contributed by atoms with E-state index in [-0.39, 0.29) is 42.6 Å². The van der Waals surface area contributed by atoms with Crippen molar-refractivity contribution >= 4 is 17.8 Å². The van der Waals surface area contributed by atoms with Crippen LogP contribution in [-0.2, 0) is 20.9 Å². The van der Waals surface area contributed by atoms with Crippen LogP contribution in [0.15, 0.2) is 30.3 Å². The molecule has 2 atom stereocenters. The summed E-state index contributed by atoms with van der Waals surface area (Å²) in [6.07, 6.45) is 2.15. The van der Waals surface area contributed by atoms with Crippen molar-refractivity contribution in [2.45, 2.75) is 51.7 Å². The fourth-order valence-corrected chi connectivity index (χ4v) is 2.62. The molecular weight excluding hydrogens is 361 g/mol. The topological polar surface area (TPSA) is 116 Å². The number of carboxylic acids is 1. The third kappa shape index (κ3) is 10.5. The van der Waals surface area contributed by atoms with Crippen molar-refractivity contribution in [1.82, 2.24) is 5.32 Å². The molecule has 0 fully saturated rings. The molecule has 144 valence electrons. The molecule has 0 aliphatic carbocycles. The van der Waals surface area contributed by atoms with Crippen molar-refractivity contribution in [2.24, 2.45) is 5.92 Å². The minimum Gasteiger partial charge on any atom is -0.542 e. The number of Topliss-reactive ketones (excluding diaryl/α,β-unsaturated/α-hetero) is 1. The van der Waals surface area contributed by atoms with Gasteiger partial charge in [-0.15, -0.1) is 0 Å². The molecule has 1 aromatic carbocycles. The number of unbranched alkanes of at least 4 members (excludes halogenated alkanes) is 2. The zero-order chi connectivity index (χ0) is 19.4. The second-order valence-corrected chi connectivity index (χ2v) is 6.17. The number of carbonyl (C=O) groups excluding carboxylic acids is 3. The van der Waals surface area contributed by atoms with Gasteiger partial charge in [-0.1, -0.05) is 56.5 Å². The fraction of sp³-hybridized carbons (Fsp3) is 0.526. The first kappa shape index (κ1) is 25.6. The van der Waals surface area contributed by atoms with Crippen LogP contribution in [0, 0.1) is 5.92 Å². The van der Waals surface area contributed by atoms with E-state index in [9.17, 15) is 24.6 Å². The van der Waals surface area contributed by atoms with E-state index in [1.165, 1.54) is 0 Å². The molecule has 0 aromatic heterocycles. The zero-order valence-electron chi connectivity index (χ0n) is 16.0. The van der Waals surface area contributed by atoms with Crippen LogP contribution in [-0.4, -0.2) is 35.6 Å². The van der Waals surface area contributed by atoms with E-state index in [4.69, 9.17) is 4.74 Å². The number of hydrogen-bond donors (Lipinski definition) is 2. The molecule has 0 spiro atoms.